The molecule has 3 aromatic rings. The molecule has 2 heterocycles. The molecule has 13 heteroatoms. The van der Waals surface area contributed by atoms with E-state index in [0.717, 1.165) is 0 Å². The smallest absolute Gasteiger partial charge is 0.401 e. The van der Waals surface area contributed by atoms with Gasteiger partial charge in [0.1, 0.15) is 5.69 Å². The van der Waals surface area contributed by atoms with Crippen LogP contribution in [0.1, 0.15) is 27.2 Å². The molecule has 1 aromatic carbocycles. The fourth-order valence-corrected chi connectivity index (χ4v) is 2.44. The number of anilines is 1. The van der Waals surface area contributed by atoms with Gasteiger partial charge in [-0.05, 0) is 31.2 Å². The van der Waals surface area contributed by atoms with Gasteiger partial charge < -0.3 is 4.42 Å². The zero-order chi connectivity index (χ0) is 21.6. The van der Waals surface area contributed by atoms with Crippen molar-refractivity contribution in [1.29, 1.82) is 0 Å². The molecule has 0 aliphatic rings. The third-order valence-electron chi connectivity index (χ3n) is 3.72. The highest BCUT2D eigenvalue weighted by molar-refractivity contribution is 6.03. The molecule has 0 saturated carbocycles. The predicted molar refractivity (Wildman–Crippen MR) is 85.6 cm³/mol. The molecule has 1 amide bonds. The van der Waals surface area contributed by atoms with Crippen molar-refractivity contribution >= 4 is 11.9 Å². The summed E-state index contributed by atoms with van der Waals surface area (Å²) in [6.07, 6.45) is -10.2. The summed E-state index contributed by atoms with van der Waals surface area (Å²) < 4.78 is 84.1. The van der Waals surface area contributed by atoms with Crippen LogP contribution in [0.4, 0.5) is 32.4 Å². The summed E-state index contributed by atoms with van der Waals surface area (Å²) in [7, 11) is 1.59. The summed E-state index contributed by atoms with van der Waals surface area (Å²) in [6, 6.07) is 1.61. The molecule has 0 atom stereocenters. The summed E-state index contributed by atoms with van der Waals surface area (Å²) in [5.41, 5.74) is -3.07. The van der Waals surface area contributed by atoms with E-state index in [1.165, 1.54) is 4.68 Å². The van der Waals surface area contributed by atoms with Crippen LogP contribution in [0.5, 0.6) is 0 Å². The van der Waals surface area contributed by atoms with Gasteiger partial charge in [0.25, 0.3) is 11.8 Å². The third-order valence-corrected chi connectivity index (χ3v) is 3.72. The maximum Gasteiger partial charge on any atom is 0.416 e. The zero-order valence-corrected chi connectivity index (χ0v) is 14.7. The summed E-state index contributed by atoms with van der Waals surface area (Å²) in [4.78, 5) is 12.2. The van der Waals surface area contributed by atoms with Gasteiger partial charge in [-0.2, -0.15) is 31.4 Å². The average Bonchev–Trinajstić information content (AvgIpc) is 3.18. The van der Waals surface area contributed by atoms with Crippen molar-refractivity contribution in [2.75, 3.05) is 5.32 Å². The van der Waals surface area contributed by atoms with Gasteiger partial charge in [-0.15, -0.1) is 5.10 Å². The number of amides is 1. The molecule has 1 N–H and O–H groups in total. The van der Waals surface area contributed by atoms with Gasteiger partial charge >= 0.3 is 18.4 Å². The molecule has 154 valence electrons. The SMILES string of the molecule is Cc1cc(-c2nnc(NC(=O)c3cc(C(F)(F)F)cc(C(F)(F)F)c3)o2)n(C)n1. The molecule has 2 aromatic heterocycles. The normalized spacial score (nSPS) is 12.3. The Labute approximate surface area is 158 Å². The summed E-state index contributed by atoms with van der Waals surface area (Å²) in [5.74, 6) is -1.33. The van der Waals surface area contributed by atoms with E-state index in [1.807, 2.05) is 5.32 Å². The van der Waals surface area contributed by atoms with Crippen LogP contribution in [-0.4, -0.2) is 25.9 Å². The van der Waals surface area contributed by atoms with Crippen molar-refractivity contribution in [3.05, 3.63) is 46.6 Å². The highest BCUT2D eigenvalue weighted by atomic mass is 19.4. The van der Waals surface area contributed by atoms with Gasteiger partial charge in [0.15, 0.2) is 0 Å². The number of nitrogens with one attached hydrogen (secondary N) is 1. The Morgan fingerprint density at radius 3 is 2.07 bits per heavy atom. The number of aromatic nitrogens is 4. The molecule has 0 spiro atoms. The Morgan fingerprint density at radius 1 is 1.00 bits per heavy atom. The molecule has 7 nitrogen and oxygen atoms in total. The van der Waals surface area contributed by atoms with Crippen molar-refractivity contribution in [3.63, 3.8) is 0 Å². The molecule has 0 unspecified atom stereocenters. The molecule has 3 rings (SSSR count). The van der Waals surface area contributed by atoms with Gasteiger partial charge in [-0.25, -0.2) is 0 Å². The van der Waals surface area contributed by atoms with E-state index in [2.05, 4.69) is 15.3 Å². The standard InChI is InChI=1S/C16H11F6N5O2/c1-7-3-11(27(2)26-7)13-24-25-14(29-13)23-12(28)8-4-9(15(17,18)19)6-10(5-8)16(20,21)22/h3-6H,1-2H3,(H,23,25,28). The monoisotopic (exact) mass is 419 g/mol. The fourth-order valence-electron chi connectivity index (χ4n) is 2.44. The lowest BCUT2D eigenvalue weighted by Gasteiger charge is -2.13. The van der Waals surface area contributed by atoms with Crippen LogP contribution >= 0.6 is 0 Å². The Kier molecular flexibility index (Phi) is 4.84. The largest absolute Gasteiger partial charge is 0.416 e. The number of nitrogens with zero attached hydrogens (tertiary/aromatic N) is 4. The maximum atomic E-state index is 12.9. The molecule has 29 heavy (non-hydrogen) atoms. The first-order valence-electron chi connectivity index (χ1n) is 7.80. The quantitative estimate of drug-likeness (QED) is 0.647. The topological polar surface area (TPSA) is 85.8 Å². The van der Waals surface area contributed by atoms with Crippen LogP contribution < -0.4 is 5.32 Å². The number of hydrogen-bond donors (Lipinski definition) is 1. The first-order valence-corrected chi connectivity index (χ1v) is 7.80. The highest BCUT2D eigenvalue weighted by Gasteiger charge is 2.37. The molecule has 0 radical (unpaired) electrons. The summed E-state index contributed by atoms with van der Waals surface area (Å²) >= 11 is 0. The van der Waals surface area contributed by atoms with Gasteiger partial charge in [0, 0.05) is 12.6 Å². The second-order valence-electron chi connectivity index (χ2n) is 5.96. The lowest BCUT2D eigenvalue weighted by atomic mass is 10.0. The number of carbonyl (C=O) groups excluding carboxylic acids is 1. The van der Waals surface area contributed by atoms with Crippen molar-refractivity contribution in [2.24, 2.45) is 7.05 Å². The fraction of sp³-hybridized carbons (Fsp3) is 0.250. The van der Waals surface area contributed by atoms with Crippen LogP contribution in [0.2, 0.25) is 0 Å². The average molecular weight is 419 g/mol. The van der Waals surface area contributed by atoms with Crippen LogP contribution in [0, 0.1) is 6.92 Å². The second kappa shape index (κ2) is 6.90. The number of halogens is 6. The molecule has 0 fully saturated rings. The van der Waals surface area contributed by atoms with E-state index in [0.29, 0.717) is 23.5 Å². The number of alkyl halides is 6. The lowest BCUT2D eigenvalue weighted by Crippen LogP contribution is -2.17. The Hall–Kier alpha value is -3.38. The van der Waals surface area contributed by atoms with Gasteiger partial charge in [0.2, 0.25) is 0 Å². The van der Waals surface area contributed by atoms with E-state index in [9.17, 15) is 31.1 Å². The van der Waals surface area contributed by atoms with Crippen LogP contribution in [-0.2, 0) is 19.4 Å². The lowest BCUT2D eigenvalue weighted by molar-refractivity contribution is -0.143. The van der Waals surface area contributed by atoms with E-state index in [1.54, 1.807) is 20.0 Å². The minimum Gasteiger partial charge on any atom is -0.401 e. The van der Waals surface area contributed by atoms with E-state index >= 15 is 0 Å². The van der Waals surface area contributed by atoms with Gasteiger partial charge in [-0.3, -0.25) is 14.8 Å². The maximum absolute atomic E-state index is 12.9. The van der Waals surface area contributed by atoms with Crippen LogP contribution in [0.15, 0.2) is 28.7 Å². The molecule has 0 saturated heterocycles. The molecule has 0 bridgehead atoms. The van der Waals surface area contributed by atoms with Crippen LogP contribution in [0.25, 0.3) is 11.6 Å². The van der Waals surface area contributed by atoms with Crippen molar-refractivity contribution in [3.8, 4) is 11.6 Å². The highest BCUT2D eigenvalue weighted by Crippen LogP contribution is 2.36. The second-order valence-corrected chi connectivity index (χ2v) is 5.96. The van der Waals surface area contributed by atoms with Gasteiger partial charge in [-0.1, -0.05) is 5.10 Å². The van der Waals surface area contributed by atoms with E-state index < -0.39 is 41.0 Å². The first kappa shape index (κ1) is 20.4. The number of rotatable bonds is 3. The Bertz CT molecular complexity index is 1030. The minimum atomic E-state index is -5.08. The number of carbonyl (C=O) groups is 1. The van der Waals surface area contributed by atoms with Crippen molar-refractivity contribution in [1.82, 2.24) is 20.0 Å². The predicted octanol–water partition coefficient (Wildman–Crippen LogP) is 4.07. The van der Waals surface area contributed by atoms with Crippen molar-refractivity contribution in [2.45, 2.75) is 19.3 Å². The number of hydrogen-bond acceptors (Lipinski definition) is 5. The first-order chi connectivity index (χ1) is 13.3. The molecule has 0 aliphatic heterocycles. The minimum absolute atomic E-state index is 0.0524. The summed E-state index contributed by atoms with van der Waals surface area (Å²) in [6.45, 7) is 1.70. The van der Waals surface area contributed by atoms with Crippen LogP contribution in [0.3, 0.4) is 0 Å². The number of aryl methyl sites for hydroxylation is 2. The van der Waals surface area contributed by atoms with Crippen molar-refractivity contribution < 1.29 is 35.6 Å². The van der Waals surface area contributed by atoms with E-state index in [-0.39, 0.29) is 12.0 Å². The van der Waals surface area contributed by atoms with Gasteiger partial charge in [0.05, 0.1) is 16.8 Å². The Morgan fingerprint density at radius 2 is 1.59 bits per heavy atom. The summed E-state index contributed by atoms with van der Waals surface area (Å²) in [5, 5.41) is 13.2. The molecular weight excluding hydrogens is 408 g/mol. The third kappa shape index (κ3) is 4.38. The molecule has 0 aliphatic carbocycles. The zero-order valence-electron chi connectivity index (χ0n) is 14.7. The molecular formula is C16H11F6N5O2. The number of benzene rings is 1. The van der Waals surface area contributed by atoms with E-state index in [4.69, 9.17) is 4.42 Å². The Balaban J connectivity index is 1.90.